The zero-order valence-electron chi connectivity index (χ0n) is 12.0. The first-order chi connectivity index (χ1) is 9.63. The van der Waals surface area contributed by atoms with Crippen LogP contribution in [0.4, 0.5) is 0 Å². The van der Waals surface area contributed by atoms with Crippen molar-refractivity contribution in [2.45, 2.75) is 38.8 Å². The molecule has 0 bridgehead atoms. The Bertz CT molecular complexity index is 621. The summed E-state index contributed by atoms with van der Waals surface area (Å²) in [6.45, 7) is 4.37. The normalized spacial score (nSPS) is 18.9. The van der Waals surface area contributed by atoms with E-state index in [1.165, 1.54) is 35.1 Å². The first-order valence-electron chi connectivity index (χ1n) is 7.24. The summed E-state index contributed by atoms with van der Waals surface area (Å²) < 4.78 is 0. The SMILES string of the molecule is Cc1ccc2c(c1)C(NC(C)c1cccc(Cl)c1)CC2. The fraction of sp³-hybridized carbons (Fsp3) is 0.333. The molecule has 2 atom stereocenters. The molecule has 1 N–H and O–H groups in total. The van der Waals surface area contributed by atoms with Gasteiger partial charge in [0.25, 0.3) is 0 Å². The molecule has 0 spiro atoms. The van der Waals surface area contributed by atoms with E-state index in [2.05, 4.69) is 43.4 Å². The second kappa shape index (κ2) is 5.59. The van der Waals surface area contributed by atoms with E-state index in [-0.39, 0.29) is 0 Å². The lowest BCUT2D eigenvalue weighted by atomic mass is 10.0. The second-order valence-corrected chi connectivity index (χ2v) is 6.17. The van der Waals surface area contributed by atoms with Gasteiger partial charge in [-0.05, 0) is 55.5 Å². The Kier molecular flexibility index (Phi) is 3.82. The third kappa shape index (κ3) is 2.74. The average molecular weight is 286 g/mol. The van der Waals surface area contributed by atoms with Crippen molar-refractivity contribution < 1.29 is 0 Å². The van der Waals surface area contributed by atoms with E-state index < -0.39 is 0 Å². The number of hydrogen-bond donors (Lipinski definition) is 1. The van der Waals surface area contributed by atoms with Crippen LogP contribution in [0.15, 0.2) is 42.5 Å². The lowest BCUT2D eigenvalue weighted by molar-refractivity contribution is 0.465. The zero-order chi connectivity index (χ0) is 14.1. The average Bonchev–Trinajstić information content (AvgIpc) is 2.81. The van der Waals surface area contributed by atoms with E-state index in [0.717, 1.165) is 5.02 Å². The highest BCUT2D eigenvalue weighted by Crippen LogP contribution is 2.33. The molecule has 1 aliphatic carbocycles. The van der Waals surface area contributed by atoms with Gasteiger partial charge in [-0.3, -0.25) is 0 Å². The molecule has 0 saturated heterocycles. The zero-order valence-corrected chi connectivity index (χ0v) is 12.7. The molecule has 0 aliphatic heterocycles. The van der Waals surface area contributed by atoms with Gasteiger partial charge < -0.3 is 5.32 Å². The number of benzene rings is 2. The number of nitrogens with one attached hydrogen (secondary N) is 1. The summed E-state index contributed by atoms with van der Waals surface area (Å²) in [4.78, 5) is 0. The lowest BCUT2D eigenvalue weighted by Crippen LogP contribution is -2.23. The largest absolute Gasteiger partial charge is 0.303 e. The summed E-state index contributed by atoms with van der Waals surface area (Å²) in [5.41, 5.74) is 5.55. The van der Waals surface area contributed by atoms with Gasteiger partial charge in [0, 0.05) is 17.1 Å². The predicted molar refractivity (Wildman–Crippen MR) is 85.2 cm³/mol. The highest BCUT2D eigenvalue weighted by molar-refractivity contribution is 6.30. The van der Waals surface area contributed by atoms with Crippen molar-refractivity contribution in [2.24, 2.45) is 0 Å². The van der Waals surface area contributed by atoms with Gasteiger partial charge in [-0.2, -0.15) is 0 Å². The van der Waals surface area contributed by atoms with Crippen molar-refractivity contribution in [3.63, 3.8) is 0 Å². The van der Waals surface area contributed by atoms with Crippen molar-refractivity contribution in [3.05, 3.63) is 69.7 Å². The van der Waals surface area contributed by atoms with Crippen LogP contribution in [0.25, 0.3) is 0 Å². The molecule has 2 aromatic rings. The molecule has 0 amide bonds. The minimum Gasteiger partial charge on any atom is -0.303 e. The summed E-state index contributed by atoms with van der Waals surface area (Å²) in [7, 11) is 0. The van der Waals surface area contributed by atoms with Crippen LogP contribution >= 0.6 is 11.6 Å². The molecule has 0 aromatic heterocycles. The van der Waals surface area contributed by atoms with E-state index in [1.54, 1.807) is 0 Å². The maximum atomic E-state index is 6.08. The Morgan fingerprint density at radius 1 is 1.20 bits per heavy atom. The minimum absolute atomic E-state index is 0.310. The van der Waals surface area contributed by atoms with Crippen molar-refractivity contribution in [1.82, 2.24) is 5.32 Å². The van der Waals surface area contributed by atoms with Crippen LogP contribution in [0.2, 0.25) is 5.02 Å². The fourth-order valence-electron chi connectivity index (χ4n) is 3.07. The molecule has 3 rings (SSSR count). The highest BCUT2D eigenvalue weighted by atomic mass is 35.5. The molecular formula is C18H20ClN. The van der Waals surface area contributed by atoms with Crippen molar-refractivity contribution in [3.8, 4) is 0 Å². The summed E-state index contributed by atoms with van der Waals surface area (Å²) in [6.07, 6.45) is 2.36. The molecule has 2 aromatic carbocycles. The second-order valence-electron chi connectivity index (χ2n) is 5.74. The molecular weight excluding hydrogens is 266 g/mol. The first-order valence-corrected chi connectivity index (χ1v) is 7.62. The quantitative estimate of drug-likeness (QED) is 0.838. The van der Waals surface area contributed by atoms with Gasteiger partial charge in [0.2, 0.25) is 0 Å². The number of hydrogen-bond acceptors (Lipinski definition) is 1. The highest BCUT2D eigenvalue weighted by Gasteiger charge is 2.23. The van der Waals surface area contributed by atoms with Crippen LogP contribution in [0.3, 0.4) is 0 Å². The molecule has 1 nitrogen and oxygen atoms in total. The van der Waals surface area contributed by atoms with E-state index in [9.17, 15) is 0 Å². The van der Waals surface area contributed by atoms with E-state index in [4.69, 9.17) is 11.6 Å². The van der Waals surface area contributed by atoms with Gasteiger partial charge in [0.15, 0.2) is 0 Å². The van der Waals surface area contributed by atoms with Gasteiger partial charge in [-0.1, -0.05) is 47.5 Å². The molecule has 1 aliphatic rings. The van der Waals surface area contributed by atoms with Crippen molar-refractivity contribution in [2.75, 3.05) is 0 Å². The van der Waals surface area contributed by atoms with Gasteiger partial charge >= 0.3 is 0 Å². The summed E-state index contributed by atoms with van der Waals surface area (Å²) in [5, 5.41) is 4.55. The summed E-state index contributed by atoms with van der Waals surface area (Å²) in [6, 6.07) is 15.7. The molecule has 104 valence electrons. The lowest BCUT2D eigenvalue weighted by Gasteiger charge is -2.21. The number of halogens is 1. The molecule has 0 fully saturated rings. The van der Waals surface area contributed by atoms with E-state index in [0.29, 0.717) is 12.1 Å². The van der Waals surface area contributed by atoms with Crippen LogP contribution in [0, 0.1) is 6.92 Å². The van der Waals surface area contributed by atoms with E-state index >= 15 is 0 Å². The Balaban J connectivity index is 1.78. The Hall–Kier alpha value is -1.31. The van der Waals surface area contributed by atoms with Crippen LogP contribution in [0.1, 0.15) is 47.7 Å². The predicted octanol–water partition coefficient (Wildman–Crippen LogP) is 4.99. The number of fused-ring (bicyclic) bond motifs is 1. The van der Waals surface area contributed by atoms with Crippen LogP contribution in [0.5, 0.6) is 0 Å². The van der Waals surface area contributed by atoms with Crippen LogP contribution < -0.4 is 5.32 Å². The Morgan fingerprint density at radius 3 is 2.85 bits per heavy atom. The number of aryl methyl sites for hydroxylation is 2. The maximum absolute atomic E-state index is 6.08. The van der Waals surface area contributed by atoms with Crippen molar-refractivity contribution >= 4 is 11.6 Å². The molecule has 0 heterocycles. The topological polar surface area (TPSA) is 12.0 Å². The Morgan fingerprint density at radius 2 is 2.05 bits per heavy atom. The monoisotopic (exact) mass is 285 g/mol. The molecule has 0 radical (unpaired) electrons. The smallest absolute Gasteiger partial charge is 0.0409 e. The third-order valence-corrected chi connectivity index (χ3v) is 4.41. The van der Waals surface area contributed by atoms with Crippen LogP contribution in [-0.4, -0.2) is 0 Å². The number of rotatable bonds is 3. The molecule has 20 heavy (non-hydrogen) atoms. The molecule has 0 saturated carbocycles. The van der Waals surface area contributed by atoms with E-state index in [1.807, 2.05) is 18.2 Å². The van der Waals surface area contributed by atoms with Gasteiger partial charge in [-0.15, -0.1) is 0 Å². The van der Waals surface area contributed by atoms with Gasteiger partial charge in [-0.25, -0.2) is 0 Å². The third-order valence-electron chi connectivity index (χ3n) is 4.18. The van der Waals surface area contributed by atoms with Gasteiger partial charge in [0.1, 0.15) is 0 Å². The van der Waals surface area contributed by atoms with Crippen molar-refractivity contribution in [1.29, 1.82) is 0 Å². The maximum Gasteiger partial charge on any atom is 0.0409 e. The Labute approximate surface area is 126 Å². The standard InChI is InChI=1S/C18H20ClN/c1-12-6-7-14-8-9-18(17(14)10-12)20-13(2)15-4-3-5-16(19)11-15/h3-7,10-11,13,18,20H,8-9H2,1-2H3. The molecule has 2 heteroatoms. The molecule has 2 unspecified atom stereocenters. The first kappa shape index (κ1) is 13.7. The van der Waals surface area contributed by atoms with Gasteiger partial charge in [0.05, 0.1) is 0 Å². The summed E-state index contributed by atoms with van der Waals surface area (Å²) >= 11 is 6.08. The minimum atomic E-state index is 0.310. The summed E-state index contributed by atoms with van der Waals surface area (Å²) in [5.74, 6) is 0. The fourth-order valence-corrected chi connectivity index (χ4v) is 3.27. The van der Waals surface area contributed by atoms with Crippen LogP contribution in [-0.2, 0) is 6.42 Å².